The Kier molecular flexibility index (Phi) is 3.93. The van der Waals surface area contributed by atoms with E-state index in [1.165, 1.54) is 7.11 Å². The number of ether oxygens (including phenoxy) is 2. The Morgan fingerprint density at radius 2 is 2.33 bits per heavy atom. The Bertz CT molecular complexity index is 270. The van der Waals surface area contributed by atoms with Crippen molar-refractivity contribution in [3.05, 3.63) is 0 Å². The number of esters is 1. The van der Waals surface area contributed by atoms with E-state index in [9.17, 15) is 18.0 Å². The Morgan fingerprint density at radius 3 is 2.87 bits per heavy atom. The molecule has 0 N–H and O–H groups in total. The van der Waals surface area contributed by atoms with Crippen LogP contribution in [0.2, 0.25) is 0 Å². The van der Waals surface area contributed by atoms with Crippen molar-refractivity contribution < 1.29 is 27.4 Å². The zero-order chi connectivity index (χ0) is 11.4. The van der Waals surface area contributed by atoms with E-state index in [1.807, 2.05) is 0 Å². The number of methoxy groups -OCH3 is 1. The van der Waals surface area contributed by atoms with Gasteiger partial charge in [0.1, 0.15) is 6.61 Å². The highest BCUT2D eigenvalue weighted by Gasteiger charge is 2.30. The van der Waals surface area contributed by atoms with E-state index in [-0.39, 0.29) is 12.5 Å². The molecule has 1 rings (SSSR count). The van der Waals surface area contributed by atoms with Crippen LogP contribution in [0.5, 0.6) is 0 Å². The molecule has 0 saturated heterocycles. The average molecular weight is 225 g/mol. The molecule has 0 aromatic carbocycles. The van der Waals surface area contributed by atoms with E-state index in [0.29, 0.717) is 0 Å². The lowest BCUT2D eigenvalue weighted by molar-refractivity contribution is -0.142. The van der Waals surface area contributed by atoms with Crippen LogP contribution in [0.3, 0.4) is 0 Å². The Labute approximate surface area is 84.1 Å². The largest absolute Gasteiger partial charge is 0.478 e. The second-order valence-corrected chi connectivity index (χ2v) is 2.93. The van der Waals surface area contributed by atoms with Gasteiger partial charge in [-0.2, -0.15) is 0 Å². The molecule has 0 bridgehead atoms. The predicted molar refractivity (Wildman–Crippen MR) is 44.7 cm³/mol. The first-order chi connectivity index (χ1) is 7.04. The zero-order valence-electron chi connectivity index (χ0n) is 7.95. The molecule has 4 nitrogen and oxygen atoms in total. The second kappa shape index (κ2) is 4.99. The fraction of sp³-hybridized carbons (Fsp3) is 0.750. The van der Waals surface area contributed by atoms with Crippen LogP contribution in [0.25, 0.3) is 0 Å². The standard InChI is InChI=1S/C8H10F3NO3/c1-14-8(13)5-3-15-6(12-5)2-4(9)7(10)11/h4-5,7H,2-3H2,1H3. The van der Waals surface area contributed by atoms with Crippen LogP contribution in [0, 0.1) is 0 Å². The zero-order valence-corrected chi connectivity index (χ0v) is 7.95. The molecule has 86 valence electrons. The summed E-state index contributed by atoms with van der Waals surface area (Å²) in [5.41, 5.74) is 0. The van der Waals surface area contributed by atoms with Gasteiger partial charge in [-0.1, -0.05) is 0 Å². The summed E-state index contributed by atoms with van der Waals surface area (Å²) in [4.78, 5) is 14.6. The van der Waals surface area contributed by atoms with E-state index in [2.05, 4.69) is 9.73 Å². The summed E-state index contributed by atoms with van der Waals surface area (Å²) in [6.07, 6.45) is -6.01. The first-order valence-corrected chi connectivity index (χ1v) is 4.24. The molecule has 0 amide bonds. The third kappa shape index (κ3) is 3.10. The van der Waals surface area contributed by atoms with E-state index in [1.54, 1.807) is 0 Å². The molecule has 1 aliphatic heterocycles. The SMILES string of the molecule is COC(=O)C1COC(CC(F)C(F)F)=N1. The predicted octanol–water partition coefficient (Wildman–Crippen LogP) is 0.950. The topological polar surface area (TPSA) is 47.9 Å². The van der Waals surface area contributed by atoms with Crippen molar-refractivity contribution in [1.29, 1.82) is 0 Å². The number of hydrogen-bond acceptors (Lipinski definition) is 4. The fourth-order valence-electron chi connectivity index (χ4n) is 1.05. The van der Waals surface area contributed by atoms with E-state index >= 15 is 0 Å². The minimum Gasteiger partial charge on any atom is -0.478 e. The number of rotatable bonds is 4. The highest BCUT2D eigenvalue weighted by molar-refractivity contribution is 5.85. The number of halogens is 3. The van der Waals surface area contributed by atoms with Gasteiger partial charge < -0.3 is 9.47 Å². The summed E-state index contributed by atoms with van der Waals surface area (Å²) in [6.45, 7) is -0.0854. The Hall–Kier alpha value is -1.27. The number of hydrogen-bond donors (Lipinski definition) is 0. The van der Waals surface area contributed by atoms with Crippen molar-refractivity contribution in [2.24, 2.45) is 4.99 Å². The second-order valence-electron chi connectivity index (χ2n) is 2.93. The maximum atomic E-state index is 12.6. The molecule has 0 spiro atoms. The molecule has 0 aromatic heterocycles. The molecule has 7 heteroatoms. The van der Waals surface area contributed by atoms with E-state index < -0.39 is 31.0 Å². The highest BCUT2D eigenvalue weighted by Crippen LogP contribution is 2.15. The molecule has 0 fully saturated rings. The van der Waals surface area contributed by atoms with Crippen LogP contribution < -0.4 is 0 Å². The number of carbonyl (C=O) groups excluding carboxylic acids is 1. The summed E-state index contributed by atoms with van der Waals surface area (Å²) in [5.74, 6) is -0.796. The normalized spacial score (nSPS) is 22.2. The summed E-state index contributed by atoms with van der Waals surface area (Å²) < 4.78 is 45.4. The van der Waals surface area contributed by atoms with Gasteiger partial charge in [-0.15, -0.1) is 0 Å². The van der Waals surface area contributed by atoms with Crippen LogP contribution in [0.15, 0.2) is 4.99 Å². The first kappa shape index (κ1) is 11.8. The maximum absolute atomic E-state index is 12.6. The molecule has 0 saturated carbocycles. The van der Waals surface area contributed by atoms with Crippen molar-refractivity contribution in [2.75, 3.05) is 13.7 Å². The van der Waals surface area contributed by atoms with Crippen molar-refractivity contribution in [2.45, 2.75) is 25.1 Å². The van der Waals surface area contributed by atoms with Gasteiger partial charge in [0, 0.05) is 0 Å². The van der Waals surface area contributed by atoms with Crippen LogP contribution in [0.4, 0.5) is 13.2 Å². The van der Waals surface area contributed by atoms with Crippen molar-refractivity contribution >= 4 is 11.9 Å². The van der Waals surface area contributed by atoms with Crippen LogP contribution >= 0.6 is 0 Å². The summed E-state index contributed by atoms with van der Waals surface area (Å²) in [5, 5.41) is 0. The monoisotopic (exact) mass is 225 g/mol. The third-order valence-electron chi connectivity index (χ3n) is 1.82. The molecule has 0 aromatic rings. The minimum absolute atomic E-state index is 0.0854. The molecule has 2 unspecified atom stereocenters. The maximum Gasteiger partial charge on any atom is 0.334 e. The van der Waals surface area contributed by atoms with Gasteiger partial charge in [0.05, 0.1) is 13.5 Å². The average Bonchev–Trinajstić information content (AvgIpc) is 2.65. The molecule has 1 aliphatic rings. The van der Waals surface area contributed by atoms with Crippen LogP contribution in [-0.2, 0) is 14.3 Å². The molecular weight excluding hydrogens is 215 g/mol. The summed E-state index contributed by atoms with van der Waals surface area (Å²) in [7, 11) is 1.17. The lowest BCUT2D eigenvalue weighted by atomic mass is 10.3. The smallest absolute Gasteiger partial charge is 0.334 e. The number of nitrogens with zero attached hydrogens (tertiary/aromatic N) is 1. The number of carbonyl (C=O) groups is 1. The molecule has 2 atom stereocenters. The minimum atomic E-state index is -3.08. The molecule has 15 heavy (non-hydrogen) atoms. The fourth-order valence-corrected chi connectivity index (χ4v) is 1.05. The lowest BCUT2D eigenvalue weighted by Gasteiger charge is -2.05. The Balaban J connectivity index is 2.48. The van der Waals surface area contributed by atoms with Gasteiger partial charge in [-0.25, -0.2) is 23.0 Å². The lowest BCUT2D eigenvalue weighted by Crippen LogP contribution is -2.21. The van der Waals surface area contributed by atoms with Crippen molar-refractivity contribution in [1.82, 2.24) is 0 Å². The van der Waals surface area contributed by atoms with E-state index in [0.717, 1.165) is 0 Å². The third-order valence-corrected chi connectivity index (χ3v) is 1.82. The molecule has 1 heterocycles. The Morgan fingerprint density at radius 1 is 1.67 bits per heavy atom. The van der Waals surface area contributed by atoms with Crippen molar-refractivity contribution in [3.63, 3.8) is 0 Å². The van der Waals surface area contributed by atoms with Gasteiger partial charge in [0.25, 0.3) is 6.43 Å². The van der Waals surface area contributed by atoms with Crippen LogP contribution in [-0.4, -0.2) is 44.2 Å². The molecule has 0 radical (unpaired) electrons. The summed E-state index contributed by atoms with van der Waals surface area (Å²) in [6, 6.07) is -0.866. The number of alkyl halides is 3. The molecule has 0 aliphatic carbocycles. The van der Waals surface area contributed by atoms with Gasteiger partial charge >= 0.3 is 5.97 Å². The summed E-state index contributed by atoms with van der Waals surface area (Å²) >= 11 is 0. The van der Waals surface area contributed by atoms with Gasteiger partial charge in [0.2, 0.25) is 0 Å². The van der Waals surface area contributed by atoms with Gasteiger partial charge in [-0.05, 0) is 0 Å². The first-order valence-electron chi connectivity index (χ1n) is 4.24. The van der Waals surface area contributed by atoms with E-state index in [4.69, 9.17) is 4.74 Å². The van der Waals surface area contributed by atoms with Crippen LogP contribution in [0.1, 0.15) is 6.42 Å². The van der Waals surface area contributed by atoms with Gasteiger partial charge in [-0.3, -0.25) is 0 Å². The van der Waals surface area contributed by atoms with Gasteiger partial charge in [0.15, 0.2) is 18.1 Å². The number of aliphatic imine (C=N–C) groups is 1. The quantitative estimate of drug-likeness (QED) is 0.669. The highest BCUT2D eigenvalue weighted by atomic mass is 19.3. The molecular formula is C8H10F3NO3. The van der Waals surface area contributed by atoms with Crippen molar-refractivity contribution in [3.8, 4) is 0 Å².